The molecular formula is C15H18N2O6. The van der Waals surface area contributed by atoms with E-state index < -0.39 is 16.9 Å². The summed E-state index contributed by atoms with van der Waals surface area (Å²) in [5.41, 5.74) is 0.695. The first-order valence-corrected chi connectivity index (χ1v) is 7.29. The second kappa shape index (κ2) is 7.68. The first-order chi connectivity index (χ1) is 11.0. The van der Waals surface area contributed by atoms with Crippen LogP contribution >= 0.6 is 0 Å². The molecule has 1 unspecified atom stereocenters. The number of nitro benzene ring substituents is 1. The number of carbonyl (C=O) groups excluding carboxylic acids is 1. The molecular weight excluding hydrogens is 304 g/mol. The SMILES string of the molecule is O=C(O)CC1COCCN1C(=O)CCc1cccc([N+](=O)[O-])c1. The number of nitro groups is 1. The van der Waals surface area contributed by atoms with Gasteiger partial charge in [-0.3, -0.25) is 19.7 Å². The summed E-state index contributed by atoms with van der Waals surface area (Å²) in [4.78, 5) is 35.0. The van der Waals surface area contributed by atoms with Gasteiger partial charge in [-0.25, -0.2) is 0 Å². The molecule has 1 amide bonds. The van der Waals surface area contributed by atoms with Crippen LogP contribution in [0.1, 0.15) is 18.4 Å². The molecule has 1 aliphatic heterocycles. The van der Waals surface area contributed by atoms with Gasteiger partial charge >= 0.3 is 5.97 Å². The van der Waals surface area contributed by atoms with Gasteiger partial charge in [-0.15, -0.1) is 0 Å². The molecule has 23 heavy (non-hydrogen) atoms. The highest BCUT2D eigenvalue weighted by Crippen LogP contribution is 2.17. The molecule has 8 heteroatoms. The molecule has 0 aromatic heterocycles. The molecule has 1 saturated heterocycles. The molecule has 124 valence electrons. The van der Waals surface area contributed by atoms with Crippen LogP contribution in [0.15, 0.2) is 24.3 Å². The predicted molar refractivity (Wildman–Crippen MR) is 80.0 cm³/mol. The number of amides is 1. The van der Waals surface area contributed by atoms with Crippen molar-refractivity contribution in [3.05, 3.63) is 39.9 Å². The monoisotopic (exact) mass is 322 g/mol. The molecule has 1 fully saturated rings. The number of morpholine rings is 1. The van der Waals surface area contributed by atoms with Crippen molar-refractivity contribution < 1.29 is 24.4 Å². The van der Waals surface area contributed by atoms with Gasteiger partial charge in [0.25, 0.3) is 5.69 Å². The Morgan fingerprint density at radius 3 is 2.91 bits per heavy atom. The molecule has 0 saturated carbocycles. The van der Waals surface area contributed by atoms with E-state index in [2.05, 4.69) is 0 Å². The maximum atomic E-state index is 12.3. The van der Waals surface area contributed by atoms with E-state index in [1.807, 2.05) is 0 Å². The molecule has 2 rings (SSSR count). The highest BCUT2D eigenvalue weighted by molar-refractivity contribution is 5.78. The van der Waals surface area contributed by atoms with Gasteiger partial charge in [-0.1, -0.05) is 12.1 Å². The Hall–Kier alpha value is -2.48. The van der Waals surface area contributed by atoms with Crippen molar-refractivity contribution in [1.82, 2.24) is 4.90 Å². The lowest BCUT2D eigenvalue weighted by atomic mass is 10.1. The number of ether oxygens (including phenoxy) is 1. The van der Waals surface area contributed by atoms with E-state index in [-0.39, 0.29) is 31.0 Å². The second-order valence-electron chi connectivity index (χ2n) is 5.34. The second-order valence-corrected chi connectivity index (χ2v) is 5.34. The maximum Gasteiger partial charge on any atom is 0.305 e. The quantitative estimate of drug-likeness (QED) is 0.623. The van der Waals surface area contributed by atoms with E-state index in [1.54, 1.807) is 12.1 Å². The van der Waals surface area contributed by atoms with E-state index in [1.165, 1.54) is 17.0 Å². The van der Waals surface area contributed by atoms with Crippen molar-refractivity contribution in [1.29, 1.82) is 0 Å². The number of nitrogens with zero attached hydrogens (tertiary/aromatic N) is 2. The first-order valence-electron chi connectivity index (χ1n) is 7.29. The van der Waals surface area contributed by atoms with Gasteiger partial charge in [0.2, 0.25) is 5.91 Å². The summed E-state index contributed by atoms with van der Waals surface area (Å²) in [6.45, 7) is 0.971. The fourth-order valence-electron chi connectivity index (χ4n) is 2.57. The largest absolute Gasteiger partial charge is 0.481 e. The summed E-state index contributed by atoms with van der Waals surface area (Å²) < 4.78 is 5.24. The van der Waals surface area contributed by atoms with Gasteiger partial charge in [0, 0.05) is 25.1 Å². The number of hydrogen-bond donors (Lipinski definition) is 1. The van der Waals surface area contributed by atoms with Crippen molar-refractivity contribution in [3.8, 4) is 0 Å². The summed E-state index contributed by atoms with van der Waals surface area (Å²) >= 11 is 0. The van der Waals surface area contributed by atoms with E-state index in [4.69, 9.17) is 9.84 Å². The first kappa shape index (κ1) is 16.9. The lowest BCUT2D eigenvalue weighted by molar-refractivity contribution is -0.384. The van der Waals surface area contributed by atoms with Gasteiger partial charge < -0.3 is 14.7 Å². The minimum absolute atomic E-state index is 0.00919. The average Bonchev–Trinajstić information content (AvgIpc) is 2.53. The Labute approximate surface area is 132 Å². The van der Waals surface area contributed by atoms with Crippen molar-refractivity contribution in [2.45, 2.75) is 25.3 Å². The third-order valence-electron chi connectivity index (χ3n) is 3.71. The van der Waals surface area contributed by atoms with Crippen LogP contribution in [0.3, 0.4) is 0 Å². The molecule has 1 aromatic rings. The highest BCUT2D eigenvalue weighted by atomic mass is 16.6. The molecule has 1 aliphatic rings. The number of hydrogen-bond acceptors (Lipinski definition) is 5. The number of aryl methyl sites for hydroxylation is 1. The minimum Gasteiger partial charge on any atom is -0.481 e. The normalized spacial score (nSPS) is 17.7. The van der Waals surface area contributed by atoms with Gasteiger partial charge in [0.1, 0.15) is 0 Å². The van der Waals surface area contributed by atoms with E-state index in [9.17, 15) is 19.7 Å². The Balaban J connectivity index is 1.96. The number of aliphatic carboxylic acids is 1. The van der Waals surface area contributed by atoms with Crippen LogP contribution in [0, 0.1) is 10.1 Å². The zero-order chi connectivity index (χ0) is 16.8. The van der Waals surface area contributed by atoms with Crippen LogP contribution in [-0.2, 0) is 20.7 Å². The fraction of sp³-hybridized carbons (Fsp3) is 0.467. The van der Waals surface area contributed by atoms with Crippen molar-refractivity contribution in [3.63, 3.8) is 0 Å². The molecule has 1 heterocycles. The number of non-ortho nitro benzene ring substituents is 1. The predicted octanol–water partition coefficient (Wildman–Crippen LogP) is 1.23. The molecule has 1 atom stereocenters. The Morgan fingerprint density at radius 1 is 1.43 bits per heavy atom. The summed E-state index contributed by atoms with van der Waals surface area (Å²) in [5.74, 6) is -1.14. The van der Waals surface area contributed by atoms with Crippen molar-refractivity contribution in [2.24, 2.45) is 0 Å². The number of carboxylic acid groups (broad SMARTS) is 1. The summed E-state index contributed by atoms with van der Waals surface area (Å²) in [6, 6.07) is 5.70. The molecule has 0 bridgehead atoms. The van der Waals surface area contributed by atoms with E-state index in [0.29, 0.717) is 25.1 Å². The molecule has 0 radical (unpaired) electrons. The van der Waals surface area contributed by atoms with Crippen LogP contribution in [-0.4, -0.2) is 52.6 Å². The van der Waals surface area contributed by atoms with Crippen LogP contribution in [0.25, 0.3) is 0 Å². The Morgan fingerprint density at radius 2 is 2.22 bits per heavy atom. The topological polar surface area (TPSA) is 110 Å². The minimum atomic E-state index is -0.975. The van der Waals surface area contributed by atoms with Crippen molar-refractivity contribution >= 4 is 17.6 Å². The lowest BCUT2D eigenvalue weighted by Crippen LogP contribution is -2.49. The zero-order valence-corrected chi connectivity index (χ0v) is 12.5. The summed E-state index contributed by atoms with van der Waals surface area (Å²) in [6.07, 6.45) is 0.400. The van der Waals surface area contributed by atoms with Gasteiger partial charge in [-0.05, 0) is 12.0 Å². The molecule has 0 aliphatic carbocycles. The molecule has 0 spiro atoms. The molecule has 1 N–H and O–H groups in total. The summed E-state index contributed by atoms with van der Waals surface area (Å²) in [7, 11) is 0. The fourth-order valence-corrected chi connectivity index (χ4v) is 2.57. The number of carbonyl (C=O) groups is 2. The van der Waals surface area contributed by atoms with Crippen LogP contribution in [0.2, 0.25) is 0 Å². The standard InChI is InChI=1S/C15H18N2O6/c18-14(16-6-7-23-10-13(16)9-15(19)20)5-4-11-2-1-3-12(8-11)17(21)22/h1-3,8,13H,4-7,9-10H2,(H,19,20). The Bertz CT molecular complexity index is 603. The summed E-state index contributed by atoms with van der Waals surface area (Å²) in [5, 5.41) is 19.6. The Kier molecular flexibility index (Phi) is 5.64. The average molecular weight is 322 g/mol. The third kappa shape index (κ3) is 4.75. The van der Waals surface area contributed by atoms with E-state index >= 15 is 0 Å². The number of carboxylic acids is 1. The lowest BCUT2D eigenvalue weighted by Gasteiger charge is -2.35. The third-order valence-corrected chi connectivity index (χ3v) is 3.71. The van der Waals surface area contributed by atoms with Crippen LogP contribution in [0.4, 0.5) is 5.69 Å². The number of rotatable bonds is 6. The molecule has 8 nitrogen and oxygen atoms in total. The molecule has 1 aromatic carbocycles. The van der Waals surface area contributed by atoms with E-state index in [0.717, 1.165) is 0 Å². The maximum absolute atomic E-state index is 12.3. The van der Waals surface area contributed by atoms with Gasteiger partial charge in [0.15, 0.2) is 0 Å². The van der Waals surface area contributed by atoms with Gasteiger partial charge in [-0.2, -0.15) is 0 Å². The van der Waals surface area contributed by atoms with Crippen molar-refractivity contribution in [2.75, 3.05) is 19.8 Å². The van der Waals surface area contributed by atoms with Crippen LogP contribution < -0.4 is 0 Å². The smallest absolute Gasteiger partial charge is 0.305 e. The van der Waals surface area contributed by atoms with Crippen LogP contribution in [0.5, 0.6) is 0 Å². The number of benzene rings is 1. The van der Waals surface area contributed by atoms with Gasteiger partial charge in [0.05, 0.1) is 30.6 Å². The highest BCUT2D eigenvalue weighted by Gasteiger charge is 2.28. The zero-order valence-electron chi connectivity index (χ0n) is 12.5.